The minimum absolute atomic E-state index is 0.159. The van der Waals surface area contributed by atoms with Gasteiger partial charge in [-0.2, -0.15) is 8.78 Å². The molecule has 2 aliphatic rings. The van der Waals surface area contributed by atoms with Crippen LogP contribution in [0.5, 0.6) is 11.5 Å². The molecule has 2 aliphatic carbocycles. The van der Waals surface area contributed by atoms with Gasteiger partial charge in [-0.3, -0.25) is 0 Å². The zero-order valence-electron chi connectivity index (χ0n) is 16.3. The van der Waals surface area contributed by atoms with Crippen molar-refractivity contribution in [2.24, 2.45) is 17.8 Å². The molecule has 5 heteroatoms. The predicted octanol–water partition coefficient (Wildman–Crippen LogP) is 6.31. The Kier molecular flexibility index (Phi) is 7.08. The van der Waals surface area contributed by atoms with Crippen LogP contribution in [0.1, 0.15) is 51.9 Å². The first kappa shape index (κ1) is 20.4. The summed E-state index contributed by atoms with van der Waals surface area (Å²) in [5, 5.41) is 8.43. The molecule has 1 aromatic rings. The summed E-state index contributed by atoms with van der Waals surface area (Å²) in [6.07, 6.45) is 16.4. The number of nitrogens with zero attached hydrogens (tertiary/aromatic N) is 1. The summed E-state index contributed by atoms with van der Waals surface area (Å²) < 4.78 is 37.7. The van der Waals surface area contributed by atoms with Gasteiger partial charge in [-0.25, -0.2) is 0 Å². The second kappa shape index (κ2) is 9.73. The molecule has 0 radical (unpaired) electrons. The lowest BCUT2D eigenvalue weighted by atomic mass is 9.71. The van der Waals surface area contributed by atoms with Crippen molar-refractivity contribution in [1.82, 2.24) is 0 Å². The van der Waals surface area contributed by atoms with Crippen molar-refractivity contribution in [2.45, 2.75) is 51.9 Å². The summed E-state index contributed by atoms with van der Waals surface area (Å²) in [6, 6.07) is 2.49. The van der Waals surface area contributed by atoms with Crippen molar-refractivity contribution in [3.05, 3.63) is 47.6 Å². The molecule has 28 heavy (non-hydrogen) atoms. The van der Waals surface area contributed by atoms with Gasteiger partial charge in [-0.05, 0) is 87.3 Å². The molecule has 1 fully saturated rings. The first-order chi connectivity index (χ1) is 13.6. The van der Waals surface area contributed by atoms with Crippen LogP contribution in [0.2, 0.25) is 0 Å². The van der Waals surface area contributed by atoms with E-state index in [2.05, 4.69) is 29.9 Å². The Morgan fingerprint density at radius 1 is 1.07 bits per heavy atom. The number of rotatable bonds is 6. The van der Waals surface area contributed by atoms with E-state index in [-0.39, 0.29) is 12.4 Å². The summed E-state index contributed by atoms with van der Waals surface area (Å²) in [5.41, 5.74) is 1.14. The van der Waals surface area contributed by atoms with E-state index in [0.29, 0.717) is 0 Å². The van der Waals surface area contributed by atoms with E-state index in [1.165, 1.54) is 44.1 Å². The quantitative estimate of drug-likeness (QED) is 0.424. The molecule has 0 N–H and O–H groups in total. The van der Waals surface area contributed by atoms with E-state index >= 15 is 0 Å². The number of ether oxygens (including phenoxy) is 2. The molecular formula is C23H27F2NO2. The number of hydrogen-bond acceptors (Lipinski definition) is 3. The van der Waals surface area contributed by atoms with E-state index in [9.17, 15) is 8.78 Å². The van der Waals surface area contributed by atoms with Crippen molar-refractivity contribution >= 4 is 0 Å². The fourth-order valence-electron chi connectivity index (χ4n) is 4.47. The summed E-state index contributed by atoms with van der Waals surface area (Å²) in [4.78, 5) is 0. The third-order valence-corrected chi connectivity index (χ3v) is 6.07. The van der Waals surface area contributed by atoms with Gasteiger partial charge in [-0.1, -0.05) is 18.2 Å². The number of hydrogen-bond donors (Lipinski definition) is 0. The highest BCUT2D eigenvalue weighted by atomic mass is 19.2. The smallest absolute Gasteiger partial charge is 0.292 e. The molecule has 1 atom stereocenters. The largest absolute Gasteiger partial charge is 0.486 e. The highest BCUT2D eigenvalue weighted by Gasteiger charge is 2.28. The van der Waals surface area contributed by atoms with Crippen LogP contribution in [0, 0.1) is 40.9 Å². The Labute approximate surface area is 165 Å². The van der Waals surface area contributed by atoms with Crippen LogP contribution in [-0.2, 0) is 0 Å². The summed E-state index contributed by atoms with van der Waals surface area (Å²) in [5.74, 6) is -0.634. The fourth-order valence-corrected chi connectivity index (χ4v) is 4.47. The van der Waals surface area contributed by atoms with Crippen LogP contribution in [-0.4, -0.2) is 6.61 Å². The summed E-state index contributed by atoms with van der Waals surface area (Å²) >= 11 is 0. The SMILES string of the molecule is C/C=C/C1CCC(C2CC=C(COc3ccc(OC#N)c(F)c3F)CC2)CC1. The first-order valence-corrected chi connectivity index (χ1v) is 10.1. The topological polar surface area (TPSA) is 42.2 Å². The van der Waals surface area contributed by atoms with Crippen molar-refractivity contribution < 1.29 is 18.3 Å². The predicted molar refractivity (Wildman–Crippen MR) is 104 cm³/mol. The molecule has 0 spiro atoms. The van der Waals surface area contributed by atoms with Gasteiger partial charge in [0.2, 0.25) is 11.6 Å². The molecule has 0 heterocycles. The second-order valence-electron chi connectivity index (χ2n) is 7.77. The van der Waals surface area contributed by atoms with Gasteiger partial charge in [0.05, 0.1) is 0 Å². The number of benzene rings is 1. The molecular weight excluding hydrogens is 360 g/mol. The average molecular weight is 387 g/mol. The van der Waals surface area contributed by atoms with Crippen molar-refractivity contribution in [2.75, 3.05) is 6.61 Å². The van der Waals surface area contributed by atoms with E-state index in [1.54, 1.807) is 0 Å². The van der Waals surface area contributed by atoms with Crippen LogP contribution in [0.4, 0.5) is 8.78 Å². The van der Waals surface area contributed by atoms with Gasteiger partial charge >= 0.3 is 0 Å². The Morgan fingerprint density at radius 2 is 1.79 bits per heavy atom. The molecule has 150 valence electrons. The maximum absolute atomic E-state index is 14.0. The number of nitriles is 1. The monoisotopic (exact) mass is 387 g/mol. The minimum Gasteiger partial charge on any atom is -0.486 e. The summed E-state index contributed by atoms with van der Waals surface area (Å²) in [6.45, 7) is 2.35. The Bertz CT molecular complexity index is 774. The Morgan fingerprint density at radius 3 is 2.43 bits per heavy atom. The first-order valence-electron chi connectivity index (χ1n) is 10.1. The van der Waals surface area contributed by atoms with Crippen molar-refractivity contribution in [3.8, 4) is 17.8 Å². The number of allylic oxidation sites excluding steroid dienone is 3. The van der Waals surface area contributed by atoms with Crippen molar-refractivity contribution in [3.63, 3.8) is 0 Å². The lowest BCUT2D eigenvalue weighted by molar-refractivity contribution is 0.206. The van der Waals surface area contributed by atoms with E-state index < -0.39 is 17.4 Å². The fraction of sp³-hybridized carbons (Fsp3) is 0.522. The molecule has 0 aliphatic heterocycles. The van der Waals surface area contributed by atoms with Crippen LogP contribution in [0.15, 0.2) is 35.9 Å². The molecule has 0 aromatic heterocycles. The van der Waals surface area contributed by atoms with Crippen molar-refractivity contribution in [1.29, 1.82) is 5.26 Å². The maximum Gasteiger partial charge on any atom is 0.292 e. The van der Waals surface area contributed by atoms with Crippen LogP contribution in [0.25, 0.3) is 0 Å². The number of halogens is 2. The highest BCUT2D eigenvalue weighted by molar-refractivity contribution is 5.35. The Balaban J connectivity index is 1.50. The third-order valence-electron chi connectivity index (χ3n) is 6.07. The molecule has 3 rings (SSSR count). The van der Waals surface area contributed by atoms with Gasteiger partial charge in [0.25, 0.3) is 6.26 Å². The summed E-state index contributed by atoms with van der Waals surface area (Å²) in [7, 11) is 0. The van der Waals surface area contributed by atoms with Gasteiger partial charge in [0, 0.05) is 0 Å². The molecule has 1 unspecified atom stereocenters. The lowest BCUT2D eigenvalue weighted by Crippen LogP contribution is -2.23. The van der Waals surface area contributed by atoms with Gasteiger partial charge < -0.3 is 9.47 Å². The van der Waals surface area contributed by atoms with Gasteiger partial charge in [-0.15, -0.1) is 5.26 Å². The molecule has 0 amide bonds. The molecule has 1 saturated carbocycles. The molecule has 3 nitrogen and oxygen atoms in total. The lowest BCUT2D eigenvalue weighted by Gasteiger charge is -2.34. The standard InChI is InChI=1S/C23H27F2NO2/c1-2-3-16-4-8-18(9-5-16)19-10-6-17(7-11-19)14-27-20-12-13-21(28-15-26)23(25)22(20)24/h2-3,6,12-13,16,18-19H,4-5,7-11,14H2,1H3/b3-2+. The minimum atomic E-state index is -1.20. The van der Waals surface area contributed by atoms with Crippen LogP contribution in [0.3, 0.4) is 0 Å². The van der Waals surface area contributed by atoms with E-state index in [4.69, 9.17) is 10.00 Å². The second-order valence-corrected chi connectivity index (χ2v) is 7.77. The van der Waals surface area contributed by atoms with E-state index in [1.807, 2.05) is 0 Å². The molecule has 0 saturated heterocycles. The molecule has 0 bridgehead atoms. The van der Waals surface area contributed by atoms with Gasteiger partial charge in [0.1, 0.15) is 6.61 Å². The average Bonchev–Trinajstić information content (AvgIpc) is 2.72. The maximum atomic E-state index is 14.0. The van der Waals surface area contributed by atoms with Gasteiger partial charge in [0.15, 0.2) is 11.5 Å². The zero-order valence-corrected chi connectivity index (χ0v) is 16.3. The highest BCUT2D eigenvalue weighted by Crippen LogP contribution is 2.40. The van der Waals surface area contributed by atoms with Crippen LogP contribution < -0.4 is 9.47 Å². The van der Waals surface area contributed by atoms with E-state index in [0.717, 1.165) is 42.6 Å². The normalized spacial score (nSPS) is 25.2. The third kappa shape index (κ3) is 4.92. The zero-order chi connectivity index (χ0) is 19.9. The Hall–Kier alpha value is -2.35. The molecule has 1 aromatic carbocycles. The van der Waals surface area contributed by atoms with Crippen LogP contribution >= 0.6 is 0 Å².